The van der Waals surface area contributed by atoms with Crippen LogP contribution in [0.1, 0.15) is 42.6 Å². The Morgan fingerprint density at radius 3 is 2.77 bits per heavy atom. The van der Waals surface area contributed by atoms with Crippen LogP contribution in [0.15, 0.2) is 54.9 Å². The van der Waals surface area contributed by atoms with Gasteiger partial charge < -0.3 is 20.5 Å². The van der Waals surface area contributed by atoms with Gasteiger partial charge in [-0.25, -0.2) is 0 Å². The molecule has 31 heavy (non-hydrogen) atoms. The molecule has 0 spiro atoms. The fourth-order valence-electron chi connectivity index (χ4n) is 4.16. The summed E-state index contributed by atoms with van der Waals surface area (Å²) in [5, 5.41) is 8.12. The van der Waals surface area contributed by atoms with E-state index in [4.69, 9.17) is 12.2 Å². The maximum absolute atomic E-state index is 12.8. The van der Waals surface area contributed by atoms with Crippen LogP contribution in [0.25, 0.3) is 10.9 Å². The number of amides is 1. The van der Waals surface area contributed by atoms with E-state index in [9.17, 15) is 4.79 Å². The highest BCUT2D eigenvalue weighted by Crippen LogP contribution is 2.24. The zero-order chi connectivity index (χ0) is 21.5. The van der Waals surface area contributed by atoms with Crippen molar-refractivity contribution in [3.63, 3.8) is 0 Å². The first-order valence-corrected chi connectivity index (χ1v) is 11.4. The van der Waals surface area contributed by atoms with Crippen LogP contribution in [0, 0.1) is 5.92 Å². The Morgan fingerprint density at radius 2 is 2.00 bits per heavy atom. The first-order valence-electron chi connectivity index (χ1n) is 11.0. The number of aromatic nitrogens is 2. The second kappa shape index (κ2) is 10.4. The van der Waals surface area contributed by atoms with Gasteiger partial charge in [0, 0.05) is 36.7 Å². The average molecular weight is 436 g/mol. The van der Waals surface area contributed by atoms with E-state index in [-0.39, 0.29) is 5.91 Å². The summed E-state index contributed by atoms with van der Waals surface area (Å²) in [5.74, 6) is 0.820. The van der Waals surface area contributed by atoms with Crippen LogP contribution in [-0.2, 0) is 0 Å². The van der Waals surface area contributed by atoms with E-state index < -0.39 is 0 Å². The fourth-order valence-corrected chi connectivity index (χ4v) is 4.38. The number of nitrogens with zero attached hydrogens (tertiary/aromatic N) is 2. The number of hydrogen-bond donors (Lipinski definition) is 3. The minimum Gasteiger partial charge on any atom is -0.362 e. The molecule has 4 rings (SSSR count). The number of likely N-dealkylation sites (tertiary alicyclic amines) is 1. The van der Waals surface area contributed by atoms with Gasteiger partial charge in [0.1, 0.15) is 5.69 Å². The molecule has 3 aromatic rings. The number of fused-ring (bicyclic) bond motifs is 1. The predicted octanol–water partition coefficient (Wildman–Crippen LogP) is 4.57. The third-order valence-electron chi connectivity index (χ3n) is 5.91. The number of thiocarbonyl (C=S) groups is 1. The molecule has 2 aromatic heterocycles. The number of anilines is 1. The smallest absolute Gasteiger partial charge is 0.270 e. The second-order valence-electron chi connectivity index (χ2n) is 8.12. The third-order valence-corrected chi connectivity index (χ3v) is 6.15. The Labute approximate surface area is 188 Å². The number of hydrogen-bond acceptors (Lipinski definition) is 3. The summed E-state index contributed by atoms with van der Waals surface area (Å²) in [4.78, 5) is 22.2. The van der Waals surface area contributed by atoms with Gasteiger partial charge in [-0.3, -0.25) is 9.78 Å². The van der Waals surface area contributed by atoms with Gasteiger partial charge in [-0.1, -0.05) is 31.0 Å². The van der Waals surface area contributed by atoms with Gasteiger partial charge in [0.05, 0.1) is 11.9 Å². The molecule has 0 aliphatic carbocycles. The molecule has 0 radical (unpaired) electrons. The predicted molar refractivity (Wildman–Crippen MR) is 129 cm³/mol. The normalized spacial score (nSPS) is 14.5. The quantitative estimate of drug-likeness (QED) is 0.374. The van der Waals surface area contributed by atoms with Gasteiger partial charge in [-0.2, -0.15) is 0 Å². The Morgan fingerprint density at radius 1 is 1.16 bits per heavy atom. The van der Waals surface area contributed by atoms with Crippen LogP contribution in [0.3, 0.4) is 0 Å². The summed E-state index contributed by atoms with van der Waals surface area (Å²) in [6.45, 7) is 2.55. The van der Waals surface area contributed by atoms with E-state index in [1.807, 2.05) is 47.4 Å². The van der Waals surface area contributed by atoms with Crippen LogP contribution in [-0.4, -0.2) is 45.5 Å². The topological polar surface area (TPSA) is 73.1 Å². The number of H-pyrrole nitrogens is 1. The zero-order valence-electron chi connectivity index (χ0n) is 17.6. The Balaban J connectivity index is 1.12. The largest absolute Gasteiger partial charge is 0.362 e. The van der Waals surface area contributed by atoms with Crippen molar-refractivity contribution in [1.29, 1.82) is 0 Å². The van der Waals surface area contributed by atoms with Crippen molar-refractivity contribution in [3.05, 3.63) is 60.6 Å². The van der Waals surface area contributed by atoms with Crippen LogP contribution in [0.2, 0.25) is 0 Å². The fraction of sp³-hybridized carbons (Fsp3) is 0.375. The minimum absolute atomic E-state index is 0.119. The molecular weight excluding hydrogens is 406 g/mol. The number of piperidine rings is 1. The first-order chi connectivity index (χ1) is 15.2. The Hall–Kier alpha value is -2.93. The summed E-state index contributed by atoms with van der Waals surface area (Å²) in [7, 11) is 0. The van der Waals surface area contributed by atoms with Crippen LogP contribution >= 0.6 is 12.2 Å². The van der Waals surface area contributed by atoms with Gasteiger partial charge in [0.15, 0.2) is 5.11 Å². The molecular formula is C24H29N5OS. The van der Waals surface area contributed by atoms with Gasteiger partial charge in [0.25, 0.3) is 5.91 Å². The molecule has 1 aliphatic heterocycles. The maximum atomic E-state index is 12.8. The molecule has 1 aromatic carbocycles. The highest BCUT2D eigenvalue weighted by Gasteiger charge is 2.24. The molecule has 1 aliphatic rings. The Bertz CT molecular complexity index is 978. The lowest BCUT2D eigenvalue weighted by molar-refractivity contribution is 0.0681. The first kappa shape index (κ1) is 21.3. The molecule has 1 fully saturated rings. The van der Waals surface area contributed by atoms with Crippen molar-refractivity contribution in [1.82, 2.24) is 20.2 Å². The molecule has 162 valence electrons. The van der Waals surface area contributed by atoms with Crippen LogP contribution < -0.4 is 10.6 Å². The molecule has 3 heterocycles. The monoisotopic (exact) mass is 435 g/mol. The van der Waals surface area contributed by atoms with Gasteiger partial charge in [0.2, 0.25) is 0 Å². The lowest BCUT2D eigenvalue weighted by Crippen LogP contribution is -2.38. The van der Waals surface area contributed by atoms with Crippen molar-refractivity contribution in [2.24, 2.45) is 5.92 Å². The number of para-hydroxylation sites is 1. The third kappa shape index (κ3) is 5.82. The van der Waals surface area contributed by atoms with Crippen molar-refractivity contribution in [2.45, 2.75) is 32.1 Å². The highest BCUT2D eigenvalue weighted by molar-refractivity contribution is 7.80. The molecule has 1 saturated heterocycles. The van der Waals surface area contributed by atoms with Crippen molar-refractivity contribution in [2.75, 3.05) is 25.0 Å². The highest BCUT2D eigenvalue weighted by atomic mass is 32.1. The number of carbonyl (C=O) groups excluding carboxylic acids is 1. The Kier molecular flexibility index (Phi) is 7.14. The molecule has 0 saturated carbocycles. The van der Waals surface area contributed by atoms with Crippen molar-refractivity contribution in [3.8, 4) is 0 Å². The number of pyridine rings is 1. The number of aromatic amines is 1. The number of nitrogens with one attached hydrogen (secondary N) is 3. The maximum Gasteiger partial charge on any atom is 0.270 e. The van der Waals surface area contributed by atoms with E-state index in [0.29, 0.717) is 16.7 Å². The van der Waals surface area contributed by atoms with Gasteiger partial charge in [-0.15, -0.1) is 0 Å². The van der Waals surface area contributed by atoms with E-state index in [1.165, 1.54) is 12.8 Å². The molecule has 3 N–H and O–H groups in total. The summed E-state index contributed by atoms with van der Waals surface area (Å²) in [5.41, 5.74) is 2.61. The average Bonchev–Trinajstić information content (AvgIpc) is 3.24. The van der Waals surface area contributed by atoms with E-state index >= 15 is 0 Å². The molecule has 0 atom stereocenters. The standard InChI is InChI=1S/C24H29N5OS/c30-23(22-16-19-7-1-2-9-21(19)28-22)29-14-10-18(11-15-29)6-3-4-13-26-24(31)27-20-8-5-12-25-17-20/h1-2,5,7-9,12,16-18,28H,3-4,6,10-11,13-15H2,(H2,26,27,31). The van der Waals surface area contributed by atoms with E-state index in [2.05, 4.69) is 20.6 Å². The summed E-state index contributed by atoms with van der Waals surface area (Å²) in [6.07, 6.45) is 9.12. The molecule has 0 unspecified atom stereocenters. The molecule has 1 amide bonds. The van der Waals surface area contributed by atoms with Crippen LogP contribution in [0.5, 0.6) is 0 Å². The summed E-state index contributed by atoms with van der Waals surface area (Å²) in [6, 6.07) is 13.8. The van der Waals surface area contributed by atoms with Crippen LogP contribution in [0.4, 0.5) is 5.69 Å². The SMILES string of the molecule is O=C(c1cc2ccccc2[nH]1)N1CCC(CCCCNC(=S)Nc2cccnc2)CC1. The number of benzene rings is 1. The van der Waals surface area contributed by atoms with Gasteiger partial charge in [-0.05, 0) is 61.7 Å². The molecule has 7 heteroatoms. The molecule has 6 nitrogen and oxygen atoms in total. The van der Waals surface area contributed by atoms with Gasteiger partial charge >= 0.3 is 0 Å². The number of unbranched alkanes of at least 4 members (excludes halogenated alkanes) is 1. The second-order valence-corrected chi connectivity index (χ2v) is 8.53. The number of rotatable bonds is 7. The van der Waals surface area contributed by atoms with Crippen molar-refractivity contribution < 1.29 is 4.79 Å². The summed E-state index contributed by atoms with van der Waals surface area (Å²) < 4.78 is 0. The minimum atomic E-state index is 0.119. The van der Waals surface area contributed by atoms with E-state index in [0.717, 1.165) is 55.5 Å². The number of carbonyl (C=O) groups is 1. The van der Waals surface area contributed by atoms with E-state index in [1.54, 1.807) is 12.4 Å². The van der Waals surface area contributed by atoms with Crippen molar-refractivity contribution >= 4 is 39.8 Å². The zero-order valence-corrected chi connectivity index (χ0v) is 18.5. The summed E-state index contributed by atoms with van der Waals surface area (Å²) >= 11 is 5.32. The lowest BCUT2D eigenvalue weighted by atomic mass is 9.91. The lowest BCUT2D eigenvalue weighted by Gasteiger charge is -2.31. The molecule has 0 bridgehead atoms.